The number of halogens is 2. The van der Waals surface area contributed by atoms with Crippen LogP contribution in [0, 0.1) is 18.6 Å². The normalized spacial score (nSPS) is 12.7. The predicted molar refractivity (Wildman–Crippen MR) is 151 cm³/mol. The van der Waals surface area contributed by atoms with Crippen molar-refractivity contribution in [2.45, 2.75) is 52.3 Å². The Bertz CT molecular complexity index is 1590. The van der Waals surface area contributed by atoms with Crippen molar-refractivity contribution in [2.24, 2.45) is 5.73 Å². The molecule has 2 amide bonds. The number of rotatable bonds is 9. The zero-order valence-electron chi connectivity index (χ0n) is 23.6. The van der Waals surface area contributed by atoms with E-state index in [0.29, 0.717) is 17.1 Å². The molecule has 0 saturated heterocycles. The highest BCUT2D eigenvalue weighted by molar-refractivity contribution is 5.98. The number of nitrogens with one attached hydrogen (secondary N) is 3. The largest absolute Gasteiger partial charge is 0.444 e. The number of anilines is 3. The maximum Gasteiger partial charge on any atom is 0.407 e. The van der Waals surface area contributed by atoms with Crippen LogP contribution in [0.3, 0.4) is 0 Å². The summed E-state index contributed by atoms with van der Waals surface area (Å²) in [5, 5.41) is 16.7. The van der Waals surface area contributed by atoms with Gasteiger partial charge < -0.3 is 26.4 Å². The van der Waals surface area contributed by atoms with E-state index in [9.17, 15) is 14.0 Å². The second-order valence-electron chi connectivity index (χ2n) is 10.4. The zero-order chi connectivity index (χ0) is 30.6. The number of amides is 2. The van der Waals surface area contributed by atoms with Gasteiger partial charge in [0.25, 0.3) is 5.91 Å². The minimum absolute atomic E-state index is 0.0866. The summed E-state index contributed by atoms with van der Waals surface area (Å²) in [7, 11) is 0. The van der Waals surface area contributed by atoms with Crippen molar-refractivity contribution >= 4 is 29.3 Å². The molecule has 42 heavy (non-hydrogen) atoms. The molecule has 0 bridgehead atoms. The van der Waals surface area contributed by atoms with Crippen LogP contribution < -0.4 is 21.7 Å². The first-order chi connectivity index (χ1) is 19.8. The maximum absolute atomic E-state index is 15.4. The summed E-state index contributed by atoms with van der Waals surface area (Å²) in [5.74, 6) is -2.87. The average molecular weight is 580 g/mol. The van der Waals surface area contributed by atoms with Gasteiger partial charge in [-0.3, -0.25) is 9.78 Å². The molecule has 14 heteroatoms. The van der Waals surface area contributed by atoms with Crippen molar-refractivity contribution in [3.8, 4) is 5.69 Å². The summed E-state index contributed by atoms with van der Waals surface area (Å²) in [6.45, 7) is 8.48. The third kappa shape index (κ3) is 7.13. The number of aryl methyl sites for hydroxylation is 1. The van der Waals surface area contributed by atoms with Gasteiger partial charge in [0, 0.05) is 5.56 Å². The summed E-state index contributed by atoms with van der Waals surface area (Å²) in [4.78, 5) is 34.7. The van der Waals surface area contributed by atoms with E-state index in [1.807, 2.05) is 0 Å². The molecule has 0 fully saturated rings. The summed E-state index contributed by atoms with van der Waals surface area (Å²) >= 11 is 0. The van der Waals surface area contributed by atoms with Gasteiger partial charge in [0.2, 0.25) is 0 Å². The number of pyridine rings is 2. The van der Waals surface area contributed by atoms with Gasteiger partial charge in [-0.2, -0.15) is 10.2 Å². The Morgan fingerprint density at radius 1 is 1.05 bits per heavy atom. The summed E-state index contributed by atoms with van der Waals surface area (Å²) in [5.41, 5.74) is 6.20. The van der Waals surface area contributed by atoms with E-state index in [1.165, 1.54) is 41.6 Å². The second kappa shape index (κ2) is 12.2. The van der Waals surface area contributed by atoms with Gasteiger partial charge in [0.1, 0.15) is 22.9 Å². The first-order valence-corrected chi connectivity index (χ1v) is 12.9. The third-order valence-electron chi connectivity index (χ3n) is 5.98. The number of carbonyl (C=O) groups is 2. The highest BCUT2D eigenvalue weighted by atomic mass is 19.1. The number of nitrogens with zero attached hydrogens (tertiary/aromatic N) is 5. The maximum atomic E-state index is 15.4. The molecule has 220 valence electrons. The smallest absolute Gasteiger partial charge is 0.407 e. The van der Waals surface area contributed by atoms with Crippen molar-refractivity contribution in [1.82, 2.24) is 30.3 Å². The third-order valence-corrected chi connectivity index (χ3v) is 5.98. The van der Waals surface area contributed by atoms with Gasteiger partial charge in [-0.25, -0.2) is 18.6 Å². The van der Waals surface area contributed by atoms with Crippen molar-refractivity contribution < 1.29 is 23.1 Å². The molecule has 0 unspecified atom stereocenters. The molecule has 0 saturated carbocycles. The standard InChI is InChI=1S/C28H31F2N9O3/c1-15-22(39-33-10-11-34-39)12-17(14-32-15)36-25-19(24(31)40)13-21(30)26(38-25)37-23(18-8-6-7-9-20(18)29)16(2)35-27(41)42-28(3,4)5/h6-14,16,23H,1-5H3,(H2,31,40)(H,35,41)(H2,36,37,38)/t16-,23-/m0/s1. The lowest BCUT2D eigenvalue weighted by Crippen LogP contribution is -2.43. The molecule has 1 aromatic carbocycles. The summed E-state index contributed by atoms with van der Waals surface area (Å²) in [6, 6.07) is 6.62. The fraction of sp³-hybridized carbons (Fsp3) is 0.286. The number of nitrogens with two attached hydrogens (primary N) is 1. The Morgan fingerprint density at radius 3 is 2.38 bits per heavy atom. The highest BCUT2D eigenvalue weighted by Crippen LogP contribution is 2.30. The molecule has 3 aromatic heterocycles. The first-order valence-electron chi connectivity index (χ1n) is 12.9. The Hall–Kier alpha value is -5.14. The molecule has 0 radical (unpaired) electrons. The molecule has 0 aliphatic heterocycles. The van der Waals surface area contributed by atoms with Crippen LogP contribution in [0.4, 0.5) is 30.9 Å². The minimum atomic E-state index is -1.01. The van der Waals surface area contributed by atoms with Crippen LogP contribution >= 0.6 is 0 Å². The van der Waals surface area contributed by atoms with Gasteiger partial charge in [0.05, 0.1) is 47.6 Å². The quantitative estimate of drug-likeness (QED) is 0.223. The molecular formula is C28H31F2N9O3. The highest BCUT2D eigenvalue weighted by Gasteiger charge is 2.28. The molecule has 0 aliphatic rings. The summed E-state index contributed by atoms with van der Waals surface area (Å²) in [6.07, 6.45) is 3.76. The monoisotopic (exact) mass is 579 g/mol. The molecule has 4 rings (SSSR count). The molecular weight excluding hydrogens is 548 g/mol. The van der Waals surface area contributed by atoms with Gasteiger partial charge >= 0.3 is 6.09 Å². The van der Waals surface area contributed by atoms with Crippen LogP contribution in [0.5, 0.6) is 0 Å². The van der Waals surface area contributed by atoms with E-state index in [2.05, 4.69) is 36.1 Å². The van der Waals surface area contributed by atoms with Crippen LogP contribution in [0.25, 0.3) is 5.69 Å². The Labute approximate surface area is 240 Å². The minimum Gasteiger partial charge on any atom is -0.444 e. The van der Waals surface area contributed by atoms with E-state index in [4.69, 9.17) is 10.5 Å². The molecule has 0 spiro atoms. The Balaban J connectivity index is 1.71. The van der Waals surface area contributed by atoms with E-state index in [0.717, 1.165) is 6.07 Å². The van der Waals surface area contributed by atoms with E-state index < -0.39 is 41.3 Å². The van der Waals surface area contributed by atoms with Crippen LogP contribution in [0.15, 0.2) is 55.0 Å². The fourth-order valence-corrected chi connectivity index (χ4v) is 4.07. The predicted octanol–water partition coefficient (Wildman–Crippen LogP) is 4.55. The van der Waals surface area contributed by atoms with Crippen molar-refractivity contribution in [1.29, 1.82) is 0 Å². The number of ether oxygens (including phenoxy) is 1. The molecule has 12 nitrogen and oxygen atoms in total. The SMILES string of the molecule is Cc1ncc(Nc2nc(N[C@H](c3ccccc3F)[C@H](C)NC(=O)OC(C)(C)C)c(F)cc2C(N)=O)cc1-n1nccn1. The van der Waals surface area contributed by atoms with E-state index in [-0.39, 0.29) is 22.8 Å². The van der Waals surface area contributed by atoms with Crippen LogP contribution in [0.1, 0.15) is 55.4 Å². The topological polar surface area (TPSA) is 162 Å². The fourth-order valence-electron chi connectivity index (χ4n) is 4.07. The van der Waals surface area contributed by atoms with Crippen LogP contribution in [-0.4, -0.2) is 48.6 Å². The van der Waals surface area contributed by atoms with Gasteiger partial charge in [0.15, 0.2) is 11.6 Å². The van der Waals surface area contributed by atoms with Crippen LogP contribution in [0.2, 0.25) is 0 Å². The van der Waals surface area contributed by atoms with E-state index in [1.54, 1.807) is 46.8 Å². The first kappa shape index (κ1) is 29.8. The number of benzene rings is 1. The summed E-state index contributed by atoms with van der Waals surface area (Å²) < 4.78 is 35.6. The second-order valence-corrected chi connectivity index (χ2v) is 10.4. The van der Waals surface area contributed by atoms with E-state index >= 15 is 4.39 Å². The number of aromatic nitrogens is 5. The number of primary amides is 1. The molecule has 3 heterocycles. The van der Waals surface area contributed by atoms with Gasteiger partial charge in [-0.15, -0.1) is 4.80 Å². The Kier molecular flexibility index (Phi) is 8.64. The lowest BCUT2D eigenvalue weighted by molar-refractivity contribution is 0.0503. The van der Waals surface area contributed by atoms with Crippen molar-refractivity contribution in [2.75, 3.05) is 10.6 Å². The van der Waals surface area contributed by atoms with Crippen molar-refractivity contribution in [3.63, 3.8) is 0 Å². The number of hydrogen-bond donors (Lipinski definition) is 4. The number of carbonyl (C=O) groups excluding carboxylic acids is 2. The molecule has 2 atom stereocenters. The zero-order valence-corrected chi connectivity index (χ0v) is 23.6. The van der Waals surface area contributed by atoms with Gasteiger partial charge in [-0.05, 0) is 52.8 Å². The number of hydrogen-bond acceptors (Lipinski definition) is 9. The molecule has 5 N–H and O–H groups in total. The lowest BCUT2D eigenvalue weighted by Gasteiger charge is -2.29. The molecule has 0 aliphatic carbocycles. The van der Waals surface area contributed by atoms with Gasteiger partial charge in [-0.1, -0.05) is 18.2 Å². The lowest BCUT2D eigenvalue weighted by atomic mass is 9.99. The van der Waals surface area contributed by atoms with Crippen molar-refractivity contribution in [3.05, 3.63) is 83.4 Å². The Morgan fingerprint density at radius 2 is 1.74 bits per heavy atom. The number of alkyl carbamates (subject to hydrolysis) is 1. The average Bonchev–Trinajstić information content (AvgIpc) is 3.44. The van der Waals surface area contributed by atoms with Crippen LogP contribution in [-0.2, 0) is 4.74 Å². The molecule has 4 aromatic rings.